The Morgan fingerprint density at radius 1 is 1.37 bits per heavy atom. The topological polar surface area (TPSA) is 75.4 Å². The van der Waals surface area contributed by atoms with Crippen LogP contribution < -0.4 is 11.1 Å². The Hall–Kier alpha value is -2.11. The maximum atomic E-state index is 13.2. The third-order valence-electron chi connectivity index (χ3n) is 3.37. The van der Waals surface area contributed by atoms with Crippen LogP contribution in [0.3, 0.4) is 0 Å². The van der Waals surface area contributed by atoms with Gasteiger partial charge >= 0.3 is 6.03 Å². The third kappa shape index (κ3) is 2.38. The van der Waals surface area contributed by atoms with Crippen molar-refractivity contribution in [1.29, 1.82) is 0 Å². The highest BCUT2D eigenvalue weighted by atomic mass is 19.1. The molecule has 0 radical (unpaired) electrons. The van der Waals surface area contributed by atoms with E-state index in [0.717, 1.165) is 4.90 Å². The number of nitrogens with zero attached hydrogens (tertiary/aromatic N) is 1. The van der Waals surface area contributed by atoms with E-state index in [2.05, 4.69) is 5.32 Å². The van der Waals surface area contributed by atoms with Gasteiger partial charge < -0.3 is 11.1 Å². The molecule has 6 heteroatoms. The normalized spacial score (nSPS) is 22.8. The first-order chi connectivity index (χ1) is 8.85. The Labute approximate surface area is 110 Å². The maximum Gasteiger partial charge on any atom is 0.325 e. The van der Waals surface area contributed by atoms with Crippen LogP contribution in [0.15, 0.2) is 18.2 Å². The lowest BCUT2D eigenvalue weighted by Crippen LogP contribution is -2.43. The highest BCUT2D eigenvalue weighted by Gasteiger charge is 2.46. The molecule has 0 saturated carbocycles. The molecule has 0 aliphatic carbocycles. The minimum Gasteiger partial charge on any atom is -0.399 e. The van der Waals surface area contributed by atoms with Crippen LogP contribution >= 0.6 is 0 Å². The molecule has 1 saturated heterocycles. The predicted octanol–water partition coefficient (Wildman–Crippen LogP) is 1.63. The largest absolute Gasteiger partial charge is 0.399 e. The summed E-state index contributed by atoms with van der Waals surface area (Å²) in [5, 5.41) is 2.64. The first kappa shape index (κ1) is 13.3. The average molecular weight is 265 g/mol. The number of benzene rings is 1. The number of nitrogens with one attached hydrogen (secondary N) is 1. The summed E-state index contributed by atoms with van der Waals surface area (Å²) in [6.45, 7) is 3.51. The van der Waals surface area contributed by atoms with Crippen molar-refractivity contribution >= 4 is 17.6 Å². The lowest BCUT2D eigenvalue weighted by atomic mass is 9.99. The summed E-state index contributed by atoms with van der Waals surface area (Å²) in [7, 11) is 0. The van der Waals surface area contributed by atoms with Gasteiger partial charge in [-0.2, -0.15) is 0 Å². The first-order valence-electron chi connectivity index (χ1n) is 6.05. The number of rotatable bonds is 3. The molecule has 1 heterocycles. The van der Waals surface area contributed by atoms with E-state index in [1.54, 1.807) is 13.0 Å². The molecule has 19 heavy (non-hydrogen) atoms. The van der Waals surface area contributed by atoms with Crippen molar-refractivity contribution in [3.63, 3.8) is 0 Å². The van der Waals surface area contributed by atoms with Crippen molar-refractivity contribution < 1.29 is 14.0 Å². The van der Waals surface area contributed by atoms with Gasteiger partial charge in [0.1, 0.15) is 11.4 Å². The van der Waals surface area contributed by atoms with Gasteiger partial charge in [-0.25, -0.2) is 9.18 Å². The number of nitrogen functional groups attached to an aromatic ring is 1. The number of anilines is 1. The van der Waals surface area contributed by atoms with E-state index < -0.39 is 17.4 Å². The van der Waals surface area contributed by atoms with Crippen molar-refractivity contribution in [2.24, 2.45) is 0 Å². The van der Waals surface area contributed by atoms with Crippen LogP contribution in [0.2, 0.25) is 0 Å². The van der Waals surface area contributed by atoms with Gasteiger partial charge in [0.05, 0.1) is 6.54 Å². The molecule has 0 aromatic heterocycles. The molecule has 5 nitrogen and oxygen atoms in total. The molecule has 0 spiro atoms. The minimum absolute atomic E-state index is 0.0161. The number of carbonyl (C=O) groups excluding carboxylic acids is 2. The van der Waals surface area contributed by atoms with Crippen molar-refractivity contribution in [3.8, 4) is 0 Å². The number of nitrogens with two attached hydrogens (primary N) is 1. The number of hydrogen-bond acceptors (Lipinski definition) is 3. The Morgan fingerprint density at radius 3 is 2.58 bits per heavy atom. The molecular weight excluding hydrogens is 249 g/mol. The second kappa shape index (κ2) is 4.53. The second-order valence-electron chi connectivity index (χ2n) is 4.90. The number of urea groups is 1. The Balaban J connectivity index is 2.24. The summed E-state index contributed by atoms with van der Waals surface area (Å²) in [6, 6.07) is 3.53. The van der Waals surface area contributed by atoms with Gasteiger partial charge in [-0.05, 0) is 37.1 Å². The first-order valence-corrected chi connectivity index (χ1v) is 6.05. The van der Waals surface area contributed by atoms with Crippen LogP contribution in [0.5, 0.6) is 0 Å². The van der Waals surface area contributed by atoms with E-state index in [1.165, 1.54) is 12.1 Å². The van der Waals surface area contributed by atoms with Crippen LogP contribution in [-0.4, -0.2) is 22.4 Å². The summed E-state index contributed by atoms with van der Waals surface area (Å²) >= 11 is 0. The van der Waals surface area contributed by atoms with E-state index in [1.807, 2.05) is 6.92 Å². The molecule has 1 aromatic rings. The predicted molar refractivity (Wildman–Crippen MR) is 68.6 cm³/mol. The van der Waals surface area contributed by atoms with Crippen LogP contribution in [0.4, 0.5) is 14.9 Å². The van der Waals surface area contributed by atoms with Crippen LogP contribution in [0.1, 0.15) is 25.8 Å². The van der Waals surface area contributed by atoms with Gasteiger partial charge in [0.2, 0.25) is 0 Å². The van der Waals surface area contributed by atoms with E-state index in [0.29, 0.717) is 12.0 Å². The number of amides is 3. The quantitative estimate of drug-likeness (QED) is 0.644. The third-order valence-corrected chi connectivity index (χ3v) is 3.37. The molecule has 1 aliphatic rings. The second-order valence-corrected chi connectivity index (χ2v) is 4.90. The van der Waals surface area contributed by atoms with Crippen LogP contribution in [0, 0.1) is 5.82 Å². The summed E-state index contributed by atoms with van der Waals surface area (Å²) in [6.07, 6.45) is 0.499. The van der Waals surface area contributed by atoms with Crippen molar-refractivity contribution in [2.75, 3.05) is 5.73 Å². The monoisotopic (exact) mass is 265 g/mol. The molecule has 1 atom stereocenters. The summed E-state index contributed by atoms with van der Waals surface area (Å²) < 4.78 is 13.2. The van der Waals surface area contributed by atoms with Crippen LogP contribution in [-0.2, 0) is 11.3 Å². The van der Waals surface area contributed by atoms with E-state index in [-0.39, 0.29) is 18.1 Å². The standard InChI is InChI=1S/C13H16FN3O2/c1-3-13(2)11(18)17(12(19)16-13)7-8-4-9(14)6-10(15)5-8/h4-6H,3,7,15H2,1-2H3,(H,16,19). The van der Waals surface area contributed by atoms with Crippen molar-refractivity contribution in [1.82, 2.24) is 10.2 Å². The molecule has 1 fully saturated rings. The lowest BCUT2D eigenvalue weighted by molar-refractivity contribution is -0.131. The number of imide groups is 1. The zero-order valence-corrected chi connectivity index (χ0v) is 10.9. The summed E-state index contributed by atoms with van der Waals surface area (Å²) in [4.78, 5) is 25.0. The zero-order chi connectivity index (χ0) is 14.2. The van der Waals surface area contributed by atoms with Crippen molar-refractivity contribution in [2.45, 2.75) is 32.4 Å². The van der Waals surface area contributed by atoms with Gasteiger partial charge in [0, 0.05) is 5.69 Å². The number of carbonyl (C=O) groups is 2. The maximum absolute atomic E-state index is 13.2. The average Bonchev–Trinajstić information content (AvgIpc) is 2.53. The Morgan fingerprint density at radius 2 is 2.05 bits per heavy atom. The fourth-order valence-electron chi connectivity index (χ4n) is 2.08. The highest BCUT2D eigenvalue weighted by Crippen LogP contribution is 2.23. The molecule has 1 aromatic carbocycles. The minimum atomic E-state index is -0.879. The molecule has 0 bridgehead atoms. The number of halogens is 1. The van der Waals surface area contributed by atoms with Crippen LogP contribution in [0.25, 0.3) is 0 Å². The Bertz CT molecular complexity index is 526. The smallest absolute Gasteiger partial charge is 0.325 e. The lowest BCUT2D eigenvalue weighted by Gasteiger charge is -2.19. The van der Waals surface area contributed by atoms with E-state index >= 15 is 0 Å². The molecule has 1 unspecified atom stereocenters. The number of hydrogen-bond donors (Lipinski definition) is 2. The molecule has 3 amide bonds. The molecule has 2 rings (SSSR count). The molecule has 3 N–H and O–H groups in total. The van der Waals surface area contributed by atoms with Gasteiger partial charge in [-0.1, -0.05) is 6.92 Å². The fraction of sp³-hybridized carbons (Fsp3) is 0.385. The Kier molecular flexibility index (Phi) is 3.18. The molecule has 102 valence electrons. The van der Waals surface area contributed by atoms with E-state index in [9.17, 15) is 14.0 Å². The summed E-state index contributed by atoms with van der Waals surface area (Å²) in [5.41, 5.74) is 5.41. The van der Waals surface area contributed by atoms with Gasteiger partial charge in [0.15, 0.2) is 0 Å². The molecule has 1 aliphatic heterocycles. The molecular formula is C13H16FN3O2. The summed E-state index contributed by atoms with van der Waals surface area (Å²) in [5.74, 6) is -0.789. The highest BCUT2D eigenvalue weighted by molar-refractivity contribution is 6.06. The van der Waals surface area contributed by atoms with Gasteiger partial charge in [0.25, 0.3) is 5.91 Å². The van der Waals surface area contributed by atoms with Gasteiger partial charge in [-0.3, -0.25) is 9.69 Å². The van der Waals surface area contributed by atoms with Gasteiger partial charge in [-0.15, -0.1) is 0 Å². The van der Waals surface area contributed by atoms with E-state index in [4.69, 9.17) is 5.73 Å². The van der Waals surface area contributed by atoms with Crippen molar-refractivity contribution in [3.05, 3.63) is 29.6 Å². The zero-order valence-electron chi connectivity index (χ0n) is 10.9. The SMILES string of the molecule is CCC1(C)NC(=O)N(Cc2cc(N)cc(F)c2)C1=O. The fourth-order valence-corrected chi connectivity index (χ4v) is 2.08.